The van der Waals surface area contributed by atoms with E-state index in [2.05, 4.69) is 4.90 Å². The monoisotopic (exact) mass is 265 g/mol. The molecule has 19 heavy (non-hydrogen) atoms. The Hall–Kier alpha value is -0.970. The van der Waals surface area contributed by atoms with E-state index >= 15 is 0 Å². The van der Waals surface area contributed by atoms with E-state index in [9.17, 15) is 9.50 Å². The number of ether oxygens (including phenoxy) is 1. The molecule has 0 bridgehead atoms. The Bertz CT molecular complexity index is 457. The van der Waals surface area contributed by atoms with Crippen LogP contribution in [0.2, 0.25) is 0 Å². The van der Waals surface area contributed by atoms with Gasteiger partial charge in [-0.1, -0.05) is 12.1 Å². The van der Waals surface area contributed by atoms with E-state index < -0.39 is 5.60 Å². The van der Waals surface area contributed by atoms with Crippen LogP contribution in [0.3, 0.4) is 0 Å². The summed E-state index contributed by atoms with van der Waals surface area (Å²) in [7, 11) is 0. The third-order valence-electron chi connectivity index (χ3n) is 4.11. The molecule has 3 rings (SSSR count). The molecule has 2 aliphatic rings. The summed E-state index contributed by atoms with van der Waals surface area (Å²) < 4.78 is 19.2. The Morgan fingerprint density at radius 2 is 2.32 bits per heavy atom. The molecule has 2 aliphatic heterocycles. The quantitative estimate of drug-likeness (QED) is 0.884. The van der Waals surface area contributed by atoms with E-state index in [-0.39, 0.29) is 5.82 Å². The van der Waals surface area contributed by atoms with Gasteiger partial charge in [0, 0.05) is 31.8 Å². The summed E-state index contributed by atoms with van der Waals surface area (Å²) in [6, 6.07) is 5.28. The van der Waals surface area contributed by atoms with Gasteiger partial charge in [0.2, 0.25) is 0 Å². The second kappa shape index (κ2) is 5.19. The predicted octanol–water partition coefficient (Wildman–Crippen LogP) is 1.73. The third-order valence-corrected chi connectivity index (χ3v) is 4.11. The Morgan fingerprint density at radius 3 is 3.11 bits per heavy atom. The molecule has 0 amide bonds. The summed E-state index contributed by atoms with van der Waals surface area (Å²) in [6.07, 6.45) is 2.52. The highest BCUT2D eigenvalue weighted by atomic mass is 19.1. The lowest BCUT2D eigenvalue weighted by Gasteiger charge is -2.38. The lowest BCUT2D eigenvalue weighted by molar-refractivity contribution is -0.102. The first-order valence-corrected chi connectivity index (χ1v) is 6.95. The van der Waals surface area contributed by atoms with Crippen molar-refractivity contribution in [2.45, 2.75) is 31.4 Å². The van der Waals surface area contributed by atoms with Gasteiger partial charge in [-0.2, -0.15) is 0 Å². The largest absolute Gasteiger partial charge is 0.386 e. The average molecular weight is 265 g/mol. The molecule has 4 heteroatoms. The fraction of sp³-hybridized carbons (Fsp3) is 0.600. The lowest BCUT2D eigenvalue weighted by Crippen LogP contribution is -2.49. The Labute approximate surface area is 113 Å². The maximum Gasteiger partial charge on any atom is 0.127 e. The highest BCUT2D eigenvalue weighted by molar-refractivity contribution is 5.30. The van der Waals surface area contributed by atoms with Crippen LogP contribution < -0.4 is 0 Å². The molecule has 1 aromatic rings. The molecule has 0 spiro atoms. The van der Waals surface area contributed by atoms with Gasteiger partial charge >= 0.3 is 0 Å². The number of hydrogen-bond acceptors (Lipinski definition) is 3. The first-order chi connectivity index (χ1) is 9.16. The molecular weight excluding hydrogens is 245 g/mol. The van der Waals surface area contributed by atoms with Gasteiger partial charge in [0.25, 0.3) is 0 Å². The molecule has 1 fully saturated rings. The molecule has 0 radical (unpaired) electrons. The van der Waals surface area contributed by atoms with Crippen LogP contribution in [-0.2, 0) is 17.7 Å². The number of benzene rings is 1. The van der Waals surface area contributed by atoms with Crippen LogP contribution in [-0.4, -0.2) is 41.9 Å². The van der Waals surface area contributed by atoms with Crippen molar-refractivity contribution in [3.05, 3.63) is 35.1 Å². The number of β-amino-alcohol motifs (C(OH)–C–C–N with tert-alkyl or cyclic N) is 1. The molecule has 2 heterocycles. The predicted molar refractivity (Wildman–Crippen MR) is 70.4 cm³/mol. The maximum absolute atomic E-state index is 13.8. The standard InChI is InChI=1S/C15H20FNO2/c16-14-4-1-3-12-5-7-17(9-13(12)14)10-15(18)6-2-8-19-11-15/h1,3-4,18H,2,5-11H2. The molecule has 0 saturated carbocycles. The van der Waals surface area contributed by atoms with Gasteiger partial charge < -0.3 is 9.84 Å². The summed E-state index contributed by atoms with van der Waals surface area (Å²) in [4.78, 5) is 2.14. The minimum Gasteiger partial charge on any atom is -0.386 e. The summed E-state index contributed by atoms with van der Waals surface area (Å²) >= 11 is 0. The van der Waals surface area contributed by atoms with Crippen LogP contribution in [0.1, 0.15) is 24.0 Å². The van der Waals surface area contributed by atoms with Crippen molar-refractivity contribution in [2.24, 2.45) is 0 Å². The van der Waals surface area contributed by atoms with E-state index in [1.165, 1.54) is 6.07 Å². The zero-order valence-electron chi connectivity index (χ0n) is 11.1. The van der Waals surface area contributed by atoms with Crippen LogP contribution >= 0.6 is 0 Å². The number of fused-ring (bicyclic) bond motifs is 1. The average Bonchev–Trinajstić information content (AvgIpc) is 2.40. The Kier molecular flexibility index (Phi) is 3.56. The lowest BCUT2D eigenvalue weighted by atomic mass is 9.93. The summed E-state index contributed by atoms with van der Waals surface area (Å²) in [6.45, 7) is 3.16. The van der Waals surface area contributed by atoms with Crippen molar-refractivity contribution >= 4 is 0 Å². The molecule has 1 unspecified atom stereocenters. The van der Waals surface area contributed by atoms with Crippen LogP contribution in [0.4, 0.5) is 4.39 Å². The molecule has 1 aromatic carbocycles. The van der Waals surface area contributed by atoms with Gasteiger partial charge in [0.05, 0.1) is 6.61 Å². The van der Waals surface area contributed by atoms with Crippen molar-refractivity contribution in [1.29, 1.82) is 0 Å². The Balaban J connectivity index is 1.70. The number of hydrogen-bond donors (Lipinski definition) is 1. The number of halogens is 1. The molecule has 1 N–H and O–H groups in total. The molecule has 104 valence electrons. The van der Waals surface area contributed by atoms with E-state index in [1.807, 2.05) is 6.07 Å². The molecule has 3 nitrogen and oxygen atoms in total. The van der Waals surface area contributed by atoms with Crippen molar-refractivity contribution in [3.63, 3.8) is 0 Å². The molecule has 1 atom stereocenters. The SMILES string of the molecule is OC1(CN2CCc3cccc(F)c3C2)CCCOC1. The second-order valence-electron chi connectivity index (χ2n) is 5.72. The molecule has 0 aromatic heterocycles. The zero-order chi connectivity index (χ0) is 13.3. The summed E-state index contributed by atoms with van der Waals surface area (Å²) in [5.41, 5.74) is 1.12. The number of nitrogens with zero attached hydrogens (tertiary/aromatic N) is 1. The van der Waals surface area contributed by atoms with Crippen LogP contribution in [0, 0.1) is 5.82 Å². The van der Waals surface area contributed by atoms with Gasteiger partial charge in [-0.05, 0) is 30.9 Å². The summed E-state index contributed by atoms with van der Waals surface area (Å²) in [5, 5.41) is 10.5. The zero-order valence-corrected chi connectivity index (χ0v) is 11.1. The minimum absolute atomic E-state index is 0.130. The number of aliphatic hydroxyl groups is 1. The summed E-state index contributed by atoms with van der Waals surface area (Å²) in [5.74, 6) is -0.130. The van der Waals surface area contributed by atoms with Crippen LogP contribution in [0.5, 0.6) is 0 Å². The highest BCUT2D eigenvalue weighted by Crippen LogP contribution is 2.26. The topological polar surface area (TPSA) is 32.7 Å². The van der Waals surface area contributed by atoms with E-state index in [0.717, 1.165) is 43.5 Å². The fourth-order valence-corrected chi connectivity index (χ4v) is 3.11. The molecule has 0 aliphatic carbocycles. The first-order valence-electron chi connectivity index (χ1n) is 6.95. The van der Waals surface area contributed by atoms with E-state index in [4.69, 9.17) is 4.74 Å². The third kappa shape index (κ3) is 2.81. The second-order valence-corrected chi connectivity index (χ2v) is 5.72. The van der Waals surface area contributed by atoms with Crippen molar-refractivity contribution in [1.82, 2.24) is 4.90 Å². The van der Waals surface area contributed by atoms with E-state index in [1.54, 1.807) is 6.07 Å². The van der Waals surface area contributed by atoms with Gasteiger partial charge in [-0.3, -0.25) is 4.90 Å². The minimum atomic E-state index is -0.763. The van der Waals surface area contributed by atoms with Crippen molar-refractivity contribution in [2.75, 3.05) is 26.3 Å². The van der Waals surface area contributed by atoms with E-state index in [0.29, 0.717) is 19.7 Å². The van der Waals surface area contributed by atoms with Gasteiger partial charge in [-0.15, -0.1) is 0 Å². The molecule has 1 saturated heterocycles. The Morgan fingerprint density at radius 1 is 1.42 bits per heavy atom. The van der Waals surface area contributed by atoms with Crippen LogP contribution in [0.25, 0.3) is 0 Å². The smallest absolute Gasteiger partial charge is 0.127 e. The number of rotatable bonds is 2. The fourth-order valence-electron chi connectivity index (χ4n) is 3.11. The van der Waals surface area contributed by atoms with Crippen molar-refractivity contribution in [3.8, 4) is 0 Å². The molecular formula is C15H20FNO2. The first kappa shape index (κ1) is 13.0. The normalized spacial score (nSPS) is 28.1. The van der Waals surface area contributed by atoms with Crippen molar-refractivity contribution < 1.29 is 14.2 Å². The van der Waals surface area contributed by atoms with Gasteiger partial charge in [-0.25, -0.2) is 4.39 Å². The van der Waals surface area contributed by atoms with Crippen LogP contribution in [0.15, 0.2) is 18.2 Å². The maximum atomic E-state index is 13.8. The van der Waals surface area contributed by atoms with Gasteiger partial charge in [0.15, 0.2) is 0 Å². The highest BCUT2D eigenvalue weighted by Gasteiger charge is 2.33. The van der Waals surface area contributed by atoms with Gasteiger partial charge in [0.1, 0.15) is 11.4 Å².